The van der Waals surface area contributed by atoms with Crippen LogP contribution in [0.4, 0.5) is 0 Å². The van der Waals surface area contributed by atoms with Gasteiger partial charge in [0.15, 0.2) is 0 Å². The Kier molecular flexibility index (Phi) is 5.67. The molecule has 0 saturated carbocycles. The van der Waals surface area contributed by atoms with Gasteiger partial charge in [0.25, 0.3) is 0 Å². The number of carbonyl (C=O) groups is 2. The van der Waals surface area contributed by atoms with Gasteiger partial charge in [-0.3, -0.25) is 19.8 Å². The van der Waals surface area contributed by atoms with Crippen molar-refractivity contribution in [2.24, 2.45) is 0 Å². The van der Waals surface area contributed by atoms with Crippen molar-refractivity contribution < 1.29 is 14.8 Å². The fourth-order valence-corrected chi connectivity index (χ4v) is 3.09. The predicted molar refractivity (Wildman–Crippen MR) is 96.2 cm³/mol. The van der Waals surface area contributed by atoms with Crippen molar-refractivity contribution in [2.45, 2.75) is 18.9 Å². The van der Waals surface area contributed by atoms with E-state index in [1.54, 1.807) is 16.7 Å². The van der Waals surface area contributed by atoms with Gasteiger partial charge in [0, 0.05) is 6.20 Å². The van der Waals surface area contributed by atoms with E-state index in [4.69, 9.17) is 5.21 Å². The van der Waals surface area contributed by atoms with Crippen LogP contribution in [-0.4, -0.2) is 35.1 Å². The Hall–Kier alpha value is -3.10. The van der Waals surface area contributed by atoms with E-state index in [0.29, 0.717) is 19.4 Å². The van der Waals surface area contributed by atoms with E-state index in [-0.39, 0.29) is 12.5 Å². The maximum absolute atomic E-state index is 11.8. The quantitative estimate of drug-likeness (QED) is 0.269. The van der Waals surface area contributed by atoms with Crippen LogP contribution in [0.3, 0.4) is 0 Å². The smallest absolute Gasteiger partial charge is 0.245 e. The first-order valence-corrected chi connectivity index (χ1v) is 8.28. The fraction of sp³-hybridized carbons (Fsp3) is 0.222. The van der Waals surface area contributed by atoms with Gasteiger partial charge in [-0.15, -0.1) is 5.53 Å². The summed E-state index contributed by atoms with van der Waals surface area (Å²) in [7, 11) is 0. The van der Waals surface area contributed by atoms with Crippen molar-refractivity contribution in [3.8, 4) is 0 Å². The van der Waals surface area contributed by atoms with E-state index < -0.39 is 5.91 Å². The highest BCUT2D eigenvalue weighted by Gasteiger charge is 2.26. The number of amides is 2. The third-order valence-corrected chi connectivity index (χ3v) is 4.30. The molecule has 1 atom stereocenters. The van der Waals surface area contributed by atoms with Crippen molar-refractivity contribution in [3.05, 3.63) is 59.9 Å². The van der Waals surface area contributed by atoms with Gasteiger partial charge in [0.05, 0.1) is 24.7 Å². The number of hydrazine groups is 2. The minimum atomic E-state index is -0.479. The maximum atomic E-state index is 11.8. The highest BCUT2D eigenvalue weighted by Crippen LogP contribution is 2.21. The number of nitrogens with one attached hydrogen (secondary N) is 4. The van der Waals surface area contributed by atoms with Gasteiger partial charge in [-0.25, -0.2) is 5.48 Å². The number of carbonyl (C=O) groups excluding carboxylic acids is 2. The summed E-state index contributed by atoms with van der Waals surface area (Å²) >= 11 is 0. The second-order valence-corrected chi connectivity index (χ2v) is 6.04. The van der Waals surface area contributed by atoms with Crippen molar-refractivity contribution in [2.75, 3.05) is 6.54 Å². The number of fused-ring (bicyclic) bond motifs is 1. The van der Waals surface area contributed by atoms with Gasteiger partial charge in [-0.2, -0.15) is 0 Å². The molecule has 0 spiro atoms. The number of benzene rings is 2. The lowest BCUT2D eigenvalue weighted by Crippen LogP contribution is -2.48. The van der Waals surface area contributed by atoms with Gasteiger partial charge in [-0.1, -0.05) is 42.5 Å². The zero-order valence-corrected chi connectivity index (χ0v) is 14.1. The lowest BCUT2D eigenvalue weighted by atomic mass is 9.99. The molecule has 0 bridgehead atoms. The van der Waals surface area contributed by atoms with E-state index in [2.05, 4.69) is 22.3 Å². The minimum Gasteiger partial charge on any atom is -0.353 e. The Morgan fingerprint density at radius 1 is 1.23 bits per heavy atom. The van der Waals surface area contributed by atoms with Crippen LogP contribution in [0.25, 0.3) is 10.8 Å². The summed E-state index contributed by atoms with van der Waals surface area (Å²) in [6.45, 7) is 0.318. The van der Waals surface area contributed by atoms with Gasteiger partial charge in [0.1, 0.15) is 0 Å². The molecule has 1 aliphatic heterocycles. The second kappa shape index (κ2) is 8.32. The molecule has 3 rings (SSSR count). The van der Waals surface area contributed by atoms with E-state index >= 15 is 0 Å². The molecule has 8 heteroatoms. The number of nitrogens with zero attached hydrogens (tertiary/aromatic N) is 1. The zero-order valence-electron chi connectivity index (χ0n) is 14.1. The first-order valence-electron chi connectivity index (χ1n) is 8.28. The van der Waals surface area contributed by atoms with Crippen molar-refractivity contribution in [1.82, 2.24) is 26.8 Å². The largest absolute Gasteiger partial charge is 0.353 e. The molecule has 0 fully saturated rings. The molecular weight excluding hydrogens is 334 g/mol. The van der Waals surface area contributed by atoms with E-state index in [1.807, 2.05) is 36.4 Å². The summed E-state index contributed by atoms with van der Waals surface area (Å²) in [5.41, 5.74) is 9.40. The van der Waals surface area contributed by atoms with Crippen molar-refractivity contribution in [1.29, 1.82) is 0 Å². The summed E-state index contributed by atoms with van der Waals surface area (Å²) in [4.78, 5) is 22.4. The first-order chi connectivity index (χ1) is 12.7. The molecule has 2 amide bonds. The summed E-state index contributed by atoms with van der Waals surface area (Å²) in [5, 5.41) is 15.6. The number of hydrogen-bond acceptors (Lipinski definition) is 6. The normalized spacial score (nSPS) is 14.5. The first kappa shape index (κ1) is 17.7. The predicted octanol–water partition coefficient (Wildman–Crippen LogP) is 0.559. The van der Waals surface area contributed by atoms with Crippen LogP contribution >= 0.6 is 0 Å². The standard InChI is InChI=1S/C18H21N5O3/c24-12-19-10-17-11-20-22-23(17)16(9-18(25)21-26)8-13-5-6-14-3-1-2-4-15(14)7-13/h1-7,11-12,16,20,22,26H,8-10H2,(H,19,24)(H,21,25). The van der Waals surface area contributed by atoms with Crippen molar-refractivity contribution in [3.63, 3.8) is 0 Å². The molecule has 5 N–H and O–H groups in total. The van der Waals surface area contributed by atoms with Crippen LogP contribution in [0.1, 0.15) is 12.0 Å². The Labute approximate surface area is 150 Å². The highest BCUT2D eigenvalue weighted by molar-refractivity contribution is 5.83. The van der Waals surface area contributed by atoms with Gasteiger partial charge in [0.2, 0.25) is 12.3 Å². The molecule has 8 nitrogen and oxygen atoms in total. The summed E-state index contributed by atoms with van der Waals surface area (Å²) < 4.78 is 0. The minimum absolute atomic E-state index is 0.0798. The highest BCUT2D eigenvalue weighted by atomic mass is 16.5. The topological polar surface area (TPSA) is 106 Å². The molecule has 2 aromatic carbocycles. The van der Waals surface area contributed by atoms with Gasteiger partial charge in [-0.05, 0) is 22.8 Å². The van der Waals surface area contributed by atoms with Crippen molar-refractivity contribution >= 4 is 23.1 Å². The fourth-order valence-electron chi connectivity index (χ4n) is 3.09. The lowest BCUT2D eigenvalue weighted by Gasteiger charge is -2.30. The van der Waals surface area contributed by atoms with Crippen LogP contribution in [0.2, 0.25) is 0 Å². The maximum Gasteiger partial charge on any atom is 0.245 e. The molecule has 0 aromatic heterocycles. The third kappa shape index (κ3) is 4.11. The zero-order chi connectivity index (χ0) is 18.4. The molecule has 1 unspecified atom stereocenters. The Morgan fingerprint density at radius 2 is 2.04 bits per heavy atom. The molecule has 26 heavy (non-hydrogen) atoms. The van der Waals surface area contributed by atoms with E-state index in [1.165, 1.54) is 0 Å². The van der Waals surface area contributed by atoms with Crippen LogP contribution in [0, 0.1) is 0 Å². The van der Waals surface area contributed by atoms with E-state index in [9.17, 15) is 9.59 Å². The average Bonchev–Trinajstić information content (AvgIpc) is 3.14. The summed E-state index contributed by atoms with van der Waals surface area (Å²) in [5.74, 6) is -0.479. The molecule has 1 heterocycles. The summed E-state index contributed by atoms with van der Waals surface area (Å²) in [6, 6.07) is 14.0. The van der Waals surface area contributed by atoms with Crippen LogP contribution in [0.5, 0.6) is 0 Å². The monoisotopic (exact) mass is 355 g/mol. The van der Waals surface area contributed by atoms with Crippen LogP contribution < -0.4 is 21.8 Å². The SMILES string of the molecule is O=CNCC1=CNNN1C(CC(=O)NO)Cc1ccc2ccccc2c1. The number of hydroxylamine groups is 1. The Balaban J connectivity index is 1.81. The number of rotatable bonds is 8. The van der Waals surface area contributed by atoms with Gasteiger partial charge >= 0.3 is 0 Å². The van der Waals surface area contributed by atoms with Crippen LogP contribution in [0.15, 0.2) is 54.4 Å². The molecule has 0 radical (unpaired) electrons. The second-order valence-electron chi connectivity index (χ2n) is 6.04. The van der Waals surface area contributed by atoms with Crippen LogP contribution in [-0.2, 0) is 16.0 Å². The molecule has 2 aromatic rings. The van der Waals surface area contributed by atoms with Gasteiger partial charge < -0.3 is 10.7 Å². The molecule has 0 saturated heterocycles. The molecule has 136 valence electrons. The molecule has 0 aliphatic carbocycles. The summed E-state index contributed by atoms with van der Waals surface area (Å²) in [6.07, 6.45) is 3.00. The van der Waals surface area contributed by atoms with E-state index in [0.717, 1.165) is 22.0 Å². The Bertz CT molecular complexity index is 823. The lowest BCUT2D eigenvalue weighted by molar-refractivity contribution is -0.130. The molecule has 1 aliphatic rings. The average molecular weight is 355 g/mol. The third-order valence-electron chi connectivity index (χ3n) is 4.30. The molecular formula is C18H21N5O3. The Morgan fingerprint density at radius 3 is 2.81 bits per heavy atom. The number of hydrogen-bond donors (Lipinski definition) is 5.